The van der Waals surface area contributed by atoms with Gasteiger partial charge in [-0.15, -0.1) is 0 Å². The van der Waals surface area contributed by atoms with Gasteiger partial charge in [-0.1, -0.05) is 59.9 Å². The molecule has 0 spiro atoms. The van der Waals surface area contributed by atoms with Crippen molar-refractivity contribution in [3.05, 3.63) is 96.7 Å². The topological polar surface area (TPSA) is 81.0 Å². The fourth-order valence-corrected chi connectivity index (χ4v) is 5.64. The number of hydrogen-bond donors (Lipinski definition) is 0. The zero-order valence-corrected chi connectivity index (χ0v) is 19.2. The number of likely N-dealkylation sites (N-methyl/N-ethyl adjacent to an activating group) is 1. The van der Waals surface area contributed by atoms with Crippen LogP contribution in [0.5, 0.6) is 0 Å². The van der Waals surface area contributed by atoms with E-state index in [1.807, 2.05) is 61.5 Å². The fourth-order valence-electron chi connectivity index (χ4n) is 4.51. The molecule has 3 aromatic rings. The second-order valence-electron chi connectivity index (χ2n) is 7.75. The lowest BCUT2D eigenvalue weighted by molar-refractivity contribution is -0.136. The Balaban J connectivity index is 1.85. The number of fused-ring (bicyclic) bond motifs is 2. The first-order chi connectivity index (χ1) is 16.0. The molecule has 2 aromatic carbocycles. The Morgan fingerprint density at radius 3 is 2.48 bits per heavy atom. The Morgan fingerprint density at radius 2 is 1.79 bits per heavy atom. The smallest absolute Gasteiger partial charge is 0.338 e. The third kappa shape index (κ3) is 3.09. The van der Waals surface area contributed by atoms with Gasteiger partial charge in [-0.2, -0.15) is 0 Å². The van der Waals surface area contributed by atoms with Gasteiger partial charge in [-0.3, -0.25) is 14.2 Å². The summed E-state index contributed by atoms with van der Waals surface area (Å²) < 4.78 is 6.86. The van der Waals surface area contributed by atoms with E-state index in [-0.39, 0.29) is 11.5 Å². The van der Waals surface area contributed by atoms with Crippen LogP contribution >= 0.6 is 11.3 Å². The average Bonchev–Trinajstić information content (AvgIpc) is 3.30. The fraction of sp³-hybridized carbons (Fsp3) is 0.200. The van der Waals surface area contributed by atoms with Crippen molar-refractivity contribution in [3.8, 4) is 0 Å². The maximum absolute atomic E-state index is 13.8. The van der Waals surface area contributed by atoms with Gasteiger partial charge >= 0.3 is 5.97 Å². The number of nitrogens with zero attached hydrogens (tertiary/aromatic N) is 3. The first kappa shape index (κ1) is 21.1. The van der Waals surface area contributed by atoms with Crippen molar-refractivity contribution in [2.75, 3.05) is 18.6 Å². The molecular formula is C25H21N3O4S. The van der Waals surface area contributed by atoms with E-state index in [1.165, 1.54) is 23.0 Å². The van der Waals surface area contributed by atoms with Gasteiger partial charge < -0.3 is 9.64 Å². The summed E-state index contributed by atoms with van der Waals surface area (Å²) in [5, 5.41) is 0. The highest BCUT2D eigenvalue weighted by atomic mass is 32.1. The van der Waals surface area contributed by atoms with Crippen LogP contribution in [0.15, 0.2) is 75.7 Å². The van der Waals surface area contributed by atoms with E-state index in [2.05, 4.69) is 4.99 Å². The molecule has 33 heavy (non-hydrogen) atoms. The number of rotatable bonds is 3. The third-order valence-corrected chi connectivity index (χ3v) is 7.04. The van der Waals surface area contributed by atoms with E-state index in [9.17, 15) is 14.4 Å². The Kier molecular flexibility index (Phi) is 5.09. The molecule has 0 radical (unpaired) electrons. The number of ether oxygens (including phenoxy) is 1. The summed E-state index contributed by atoms with van der Waals surface area (Å²) >= 11 is 1.18. The number of amides is 1. The molecule has 1 atom stereocenters. The number of thiazole rings is 1. The molecule has 0 fully saturated rings. The van der Waals surface area contributed by atoms with Crippen LogP contribution in [0.3, 0.4) is 0 Å². The number of allylic oxidation sites excluding steroid dienone is 1. The summed E-state index contributed by atoms with van der Waals surface area (Å²) in [6.07, 6.45) is 0. The summed E-state index contributed by atoms with van der Waals surface area (Å²) in [4.78, 5) is 46.6. The van der Waals surface area contributed by atoms with Gasteiger partial charge in [0.15, 0.2) is 4.80 Å². The van der Waals surface area contributed by atoms with Crippen LogP contribution in [-0.2, 0) is 14.3 Å². The van der Waals surface area contributed by atoms with Gasteiger partial charge in [0.25, 0.3) is 11.5 Å². The summed E-state index contributed by atoms with van der Waals surface area (Å²) in [5.74, 6) is -0.744. The number of aromatic nitrogens is 1. The minimum Gasteiger partial charge on any atom is -0.466 e. The van der Waals surface area contributed by atoms with Crippen molar-refractivity contribution in [2.45, 2.75) is 19.9 Å². The molecule has 1 aromatic heterocycles. The molecule has 0 aliphatic carbocycles. The zero-order valence-electron chi connectivity index (χ0n) is 18.4. The number of anilines is 1. The molecular weight excluding hydrogens is 438 g/mol. The third-order valence-electron chi connectivity index (χ3n) is 5.98. The number of hydrogen-bond acceptors (Lipinski definition) is 6. The highest BCUT2D eigenvalue weighted by Gasteiger charge is 2.36. The molecule has 0 saturated carbocycles. The van der Waals surface area contributed by atoms with Crippen LogP contribution in [-0.4, -0.2) is 30.1 Å². The number of carbonyl (C=O) groups excluding carboxylic acids is 2. The second-order valence-corrected chi connectivity index (χ2v) is 8.72. The van der Waals surface area contributed by atoms with Gasteiger partial charge in [-0.05, 0) is 25.5 Å². The zero-order chi connectivity index (χ0) is 23.3. The average molecular weight is 460 g/mol. The normalized spacial score (nSPS) is 18.7. The molecule has 166 valence electrons. The molecule has 2 aliphatic heterocycles. The summed E-state index contributed by atoms with van der Waals surface area (Å²) in [6, 6.07) is 16.1. The number of esters is 1. The van der Waals surface area contributed by atoms with Crippen LogP contribution in [0.4, 0.5) is 5.69 Å². The van der Waals surface area contributed by atoms with Gasteiger partial charge in [0, 0.05) is 12.1 Å². The molecule has 0 bridgehead atoms. The Bertz CT molecular complexity index is 1510. The van der Waals surface area contributed by atoms with Gasteiger partial charge in [0.2, 0.25) is 0 Å². The predicted octanol–water partition coefficient (Wildman–Crippen LogP) is 2.14. The monoisotopic (exact) mass is 459 g/mol. The Labute approximate surface area is 193 Å². The van der Waals surface area contributed by atoms with Gasteiger partial charge in [0.05, 0.1) is 35.7 Å². The van der Waals surface area contributed by atoms with E-state index < -0.39 is 12.0 Å². The van der Waals surface area contributed by atoms with E-state index in [1.54, 1.807) is 11.8 Å². The lowest BCUT2D eigenvalue weighted by Gasteiger charge is -2.24. The van der Waals surface area contributed by atoms with Crippen LogP contribution in [0, 0.1) is 0 Å². The van der Waals surface area contributed by atoms with E-state index >= 15 is 0 Å². The minimum absolute atomic E-state index is 0.205. The van der Waals surface area contributed by atoms with Crippen LogP contribution < -0.4 is 19.8 Å². The molecule has 8 heteroatoms. The number of methoxy groups -OCH3 is 1. The number of benzene rings is 2. The van der Waals surface area contributed by atoms with Gasteiger partial charge in [0.1, 0.15) is 4.53 Å². The minimum atomic E-state index is -0.696. The molecule has 0 saturated heterocycles. The Hall–Kier alpha value is -3.78. The summed E-state index contributed by atoms with van der Waals surface area (Å²) in [5.41, 5.74) is 3.11. The molecule has 0 N–H and O–H groups in total. The maximum atomic E-state index is 13.8. The molecule has 1 amide bonds. The van der Waals surface area contributed by atoms with Crippen molar-refractivity contribution in [1.29, 1.82) is 0 Å². The van der Waals surface area contributed by atoms with Crippen molar-refractivity contribution < 1.29 is 14.3 Å². The molecule has 2 aliphatic rings. The molecule has 5 rings (SSSR count). The number of carbonyl (C=O) groups is 2. The standard InChI is InChI=1S/C25H21N3O4S/c1-4-27-17-13-9-8-12-16(17)19(22(27)29)21-23(30)28-20(15-10-6-5-7-11-15)18(24(31)32-3)14(2)26-25(28)33-21/h5-13,20H,4H2,1-3H3/t20-/m1/s1. The van der Waals surface area contributed by atoms with Crippen LogP contribution in [0.1, 0.15) is 31.0 Å². The van der Waals surface area contributed by atoms with Crippen molar-refractivity contribution in [1.82, 2.24) is 4.57 Å². The van der Waals surface area contributed by atoms with Gasteiger partial charge in [-0.25, -0.2) is 9.79 Å². The Morgan fingerprint density at radius 1 is 1.09 bits per heavy atom. The van der Waals surface area contributed by atoms with E-state index in [0.29, 0.717) is 32.7 Å². The summed E-state index contributed by atoms with van der Waals surface area (Å²) in [6.45, 7) is 4.13. The number of para-hydroxylation sites is 1. The quantitative estimate of drug-likeness (QED) is 0.562. The molecule has 7 nitrogen and oxygen atoms in total. The second kappa shape index (κ2) is 7.97. The van der Waals surface area contributed by atoms with Crippen molar-refractivity contribution >= 4 is 34.5 Å². The SMILES string of the molecule is CCN1C(=O)C(=c2sc3n(c2=O)[C@H](c2ccccc2)C(C(=O)OC)=C(C)N=3)c2ccccc21. The van der Waals surface area contributed by atoms with E-state index in [0.717, 1.165) is 16.8 Å². The lowest BCUT2D eigenvalue weighted by Crippen LogP contribution is -2.40. The van der Waals surface area contributed by atoms with E-state index in [4.69, 9.17) is 4.74 Å². The maximum Gasteiger partial charge on any atom is 0.338 e. The van der Waals surface area contributed by atoms with Crippen LogP contribution in [0.25, 0.3) is 5.57 Å². The van der Waals surface area contributed by atoms with Crippen LogP contribution in [0.2, 0.25) is 0 Å². The molecule has 3 heterocycles. The largest absolute Gasteiger partial charge is 0.466 e. The highest BCUT2D eigenvalue weighted by molar-refractivity contribution is 7.07. The first-order valence-electron chi connectivity index (χ1n) is 10.6. The highest BCUT2D eigenvalue weighted by Crippen LogP contribution is 2.35. The first-order valence-corrected chi connectivity index (χ1v) is 11.4. The van der Waals surface area contributed by atoms with Crippen molar-refractivity contribution in [2.24, 2.45) is 4.99 Å². The molecule has 0 unspecified atom stereocenters. The summed E-state index contributed by atoms with van der Waals surface area (Å²) in [7, 11) is 1.31. The van der Waals surface area contributed by atoms with Crippen molar-refractivity contribution in [3.63, 3.8) is 0 Å². The predicted molar refractivity (Wildman–Crippen MR) is 126 cm³/mol. The lowest BCUT2D eigenvalue weighted by atomic mass is 9.96.